The number of halogens is 1. The number of amides is 1. The Bertz CT molecular complexity index is 818. The Morgan fingerprint density at radius 3 is 2.96 bits per heavy atom. The van der Waals surface area contributed by atoms with Crippen LogP contribution in [0.5, 0.6) is 0 Å². The van der Waals surface area contributed by atoms with Crippen molar-refractivity contribution in [1.82, 2.24) is 30.1 Å². The molecule has 9 nitrogen and oxygen atoms in total. The minimum Gasteiger partial charge on any atom is -0.335 e. The number of anilines is 1. The third kappa shape index (κ3) is 3.51. The molecule has 0 saturated heterocycles. The van der Waals surface area contributed by atoms with Crippen molar-refractivity contribution in [3.63, 3.8) is 0 Å². The summed E-state index contributed by atoms with van der Waals surface area (Å²) in [5.74, 6) is 6.68. The smallest absolute Gasteiger partial charge is 0.237 e. The number of benzene rings is 1. The van der Waals surface area contributed by atoms with E-state index < -0.39 is 0 Å². The Morgan fingerprint density at radius 2 is 2.22 bits per heavy atom. The number of nitrogens with zero attached hydrogens (tertiary/aromatic N) is 5. The lowest BCUT2D eigenvalue weighted by molar-refractivity contribution is -0.113. The second kappa shape index (κ2) is 6.79. The molecule has 0 unspecified atom stereocenters. The van der Waals surface area contributed by atoms with Gasteiger partial charge >= 0.3 is 0 Å². The van der Waals surface area contributed by atoms with Gasteiger partial charge in [0.25, 0.3) is 0 Å². The van der Waals surface area contributed by atoms with Gasteiger partial charge in [0.15, 0.2) is 5.82 Å². The van der Waals surface area contributed by atoms with Crippen LogP contribution in [0, 0.1) is 0 Å². The van der Waals surface area contributed by atoms with Crippen LogP contribution >= 0.6 is 27.7 Å². The molecule has 0 atom stereocenters. The van der Waals surface area contributed by atoms with Crippen LogP contribution in [0.25, 0.3) is 11.4 Å². The lowest BCUT2D eigenvalue weighted by Crippen LogP contribution is -2.17. The summed E-state index contributed by atoms with van der Waals surface area (Å²) < 4.78 is 2.21. The minimum atomic E-state index is -0.253. The van der Waals surface area contributed by atoms with Gasteiger partial charge in [0.05, 0.1) is 5.75 Å². The highest BCUT2D eigenvalue weighted by atomic mass is 79.9. The standard InChI is InChI=1S/C12H11BrN8OS/c13-8-4-2-1-3-7(8)10-18-20-12(21(10)14)23-5-9(22)17-11-15-6-16-19-11/h1-4,6H,5,14H2,(H2,15,16,17,19,22). The maximum atomic E-state index is 11.8. The molecule has 11 heteroatoms. The molecule has 0 bridgehead atoms. The van der Waals surface area contributed by atoms with Gasteiger partial charge in [-0.3, -0.25) is 10.1 Å². The van der Waals surface area contributed by atoms with E-state index in [2.05, 4.69) is 46.6 Å². The SMILES string of the molecule is Nn1c(SCC(=O)Nc2ncn[nH]2)nnc1-c1ccccc1Br. The van der Waals surface area contributed by atoms with Crippen molar-refractivity contribution < 1.29 is 4.79 Å². The maximum Gasteiger partial charge on any atom is 0.237 e. The number of nitrogen functional groups attached to an aromatic ring is 1. The normalized spacial score (nSPS) is 10.7. The summed E-state index contributed by atoms with van der Waals surface area (Å²) in [6.45, 7) is 0. The topological polar surface area (TPSA) is 127 Å². The molecule has 0 radical (unpaired) electrons. The fraction of sp³-hybridized carbons (Fsp3) is 0.0833. The van der Waals surface area contributed by atoms with Crippen molar-refractivity contribution in [3.8, 4) is 11.4 Å². The van der Waals surface area contributed by atoms with Crippen molar-refractivity contribution >= 4 is 39.5 Å². The molecule has 4 N–H and O–H groups in total. The number of nitrogens with two attached hydrogens (primary N) is 1. The van der Waals surface area contributed by atoms with Gasteiger partial charge in [-0.05, 0) is 12.1 Å². The van der Waals surface area contributed by atoms with Gasteiger partial charge in [0.2, 0.25) is 17.0 Å². The Kier molecular flexibility index (Phi) is 4.57. The van der Waals surface area contributed by atoms with E-state index in [0.29, 0.717) is 16.9 Å². The van der Waals surface area contributed by atoms with Crippen molar-refractivity contribution in [3.05, 3.63) is 35.1 Å². The summed E-state index contributed by atoms with van der Waals surface area (Å²) in [6, 6.07) is 7.55. The monoisotopic (exact) mass is 394 g/mol. The van der Waals surface area contributed by atoms with E-state index in [4.69, 9.17) is 5.84 Å². The van der Waals surface area contributed by atoms with Gasteiger partial charge < -0.3 is 5.84 Å². The number of carbonyl (C=O) groups excluding carboxylic acids is 1. The molecule has 0 saturated carbocycles. The van der Waals surface area contributed by atoms with E-state index in [0.717, 1.165) is 10.0 Å². The summed E-state index contributed by atoms with van der Waals surface area (Å²) in [4.78, 5) is 15.6. The number of thioether (sulfide) groups is 1. The molecule has 0 aliphatic rings. The highest BCUT2D eigenvalue weighted by Gasteiger charge is 2.15. The quantitative estimate of drug-likeness (QED) is 0.439. The van der Waals surface area contributed by atoms with Crippen LogP contribution in [0.4, 0.5) is 5.95 Å². The average Bonchev–Trinajstić information content (AvgIpc) is 3.16. The average molecular weight is 395 g/mol. The molecule has 3 rings (SSSR count). The Hall–Kier alpha value is -2.40. The number of hydrogen-bond donors (Lipinski definition) is 3. The van der Waals surface area contributed by atoms with Gasteiger partial charge in [-0.15, -0.1) is 10.2 Å². The van der Waals surface area contributed by atoms with E-state index in [9.17, 15) is 4.79 Å². The minimum absolute atomic E-state index is 0.117. The molecule has 1 amide bonds. The first-order valence-corrected chi connectivity index (χ1v) is 8.16. The van der Waals surface area contributed by atoms with Gasteiger partial charge in [-0.1, -0.05) is 39.8 Å². The van der Waals surface area contributed by atoms with Gasteiger partial charge in [0, 0.05) is 10.0 Å². The van der Waals surface area contributed by atoms with Crippen molar-refractivity contribution in [2.24, 2.45) is 0 Å². The molecule has 2 aromatic heterocycles. The Labute approximate surface area is 143 Å². The fourth-order valence-corrected chi connectivity index (χ4v) is 2.88. The Balaban J connectivity index is 1.68. The van der Waals surface area contributed by atoms with Crippen molar-refractivity contribution in [2.75, 3.05) is 16.9 Å². The zero-order valence-electron chi connectivity index (χ0n) is 11.6. The van der Waals surface area contributed by atoms with Crippen LogP contribution in [0.2, 0.25) is 0 Å². The summed E-state index contributed by atoms with van der Waals surface area (Å²) in [6.07, 6.45) is 1.31. The summed E-state index contributed by atoms with van der Waals surface area (Å²) >= 11 is 4.62. The third-order valence-electron chi connectivity index (χ3n) is 2.78. The highest BCUT2D eigenvalue weighted by molar-refractivity contribution is 9.10. The molecule has 0 aliphatic carbocycles. The molecular weight excluding hydrogens is 384 g/mol. The number of rotatable bonds is 5. The van der Waals surface area contributed by atoms with E-state index >= 15 is 0 Å². The second-order valence-corrected chi connectivity index (χ2v) is 6.12. The first-order valence-electron chi connectivity index (χ1n) is 6.38. The lowest BCUT2D eigenvalue weighted by Gasteiger charge is -2.05. The van der Waals surface area contributed by atoms with Crippen LogP contribution in [0.3, 0.4) is 0 Å². The molecule has 0 aliphatic heterocycles. The molecule has 3 aromatic rings. The molecule has 1 aromatic carbocycles. The van der Waals surface area contributed by atoms with Crippen molar-refractivity contribution in [2.45, 2.75) is 5.16 Å². The highest BCUT2D eigenvalue weighted by Crippen LogP contribution is 2.27. The maximum absolute atomic E-state index is 11.8. The second-order valence-electron chi connectivity index (χ2n) is 4.33. The third-order valence-corrected chi connectivity index (χ3v) is 4.42. The number of aromatic nitrogens is 6. The number of carbonyl (C=O) groups is 1. The summed E-state index contributed by atoms with van der Waals surface area (Å²) in [5, 5.41) is 17.3. The van der Waals surface area contributed by atoms with Gasteiger partial charge in [-0.2, -0.15) is 10.1 Å². The molecule has 0 fully saturated rings. The predicted molar refractivity (Wildman–Crippen MR) is 89.0 cm³/mol. The fourth-order valence-electron chi connectivity index (χ4n) is 1.77. The lowest BCUT2D eigenvalue weighted by atomic mass is 10.2. The molecule has 23 heavy (non-hydrogen) atoms. The molecule has 0 spiro atoms. The van der Waals surface area contributed by atoms with E-state index in [1.54, 1.807) is 0 Å². The predicted octanol–water partition coefficient (Wildman–Crippen LogP) is 1.27. The van der Waals surface area contributed by atoms with Gasteiger partial charge in [-0.25, -0.2) is 9.77 Å². The molecule has 118 valence electrons. The summed E-state index contributed by atoms with van der Waals surface area (Å²) in [5.41, 5.74) is 0.820. The summed E-state index contributed by atoms with van der Waals surface area (Å²) in [7, 11) is 0. The largest absolute Gasteiger partial charge is 0.335 e. The zero-order chi connectivity index (χ0) is 16.2. The van der Waals surface area contributed by atoms with Crippen LogP contribution in [-0.4, -0.2) is 41.7 Å². The zero-order valence-corrected chi connectivity index (χ0v) is 14.0. The van der Waals surface area contributed by atoms with E-state index in [-0.39, 0.29) is 11.7 Å². The van der Waals surface area contributed by atoms with Gasteiger partial charge in [0.1, 0.15) is 6.33 Å². The van der Waals surface area contributed by atoms with E-state index in [1.807, 2.05) is 24.3 Å². The van der Waals surface area contributed by atoms with Crippen molar-refractivity contribution in [1.29, 1.82) is 0 Å². The van der Waals surface area contributed by atoms with Crippen LogP contribution < -0.4 is 11.2 Å². The number of aromatic amines is 1. The number of nitrogens with one attached hydrogen (secondary N) is 2. The molecule has 2 heterocycles. The van der Waals surface area contributed by atoms with Crippen LogP contribution in [0.15, 0.2) is 40.2 Å². The Morgan fingerprint density at radius 1 is 1.39 bits per heavy atom. The molecular formula is C12H11BrN8OS. The first-order chi connectivity index (χ1) is 11.1. The number of hydrogen-bond acceptors (Lipinski definition) is 7. The first kappa shape index (κ1) is 15.5. The van der Waals surface area contributed by atoms with E-state index in [1.165, 1.54) is 22.8 Å². The van der Waals surface area contributed by atoms with Crippen LogP contribution in [-0.2, 0) is 4.79 Å². The number of H-pyrrole nitrogens is 1. The van der Waals surface area contributed by atoms with Crippen LogP contribution in [0.1, 0.15) is 0 Å².